The summed E-state index contributed by atoms with van der Waals surface area (Å²) in [6.45, 7) is -0.133. The Kier molecular flexibility index (Phi) is 3.79. The second-order valence-corrected chi connectivity index (χ2v) is 7.14. The molecule has 1 aromatic carbocycles. The largest absolute Gasteiger partial charge is 0.439 e. The summed E-state index contributed by atoms with van der Waals surface area (Å²) in [5, 5.41) is 9.07. The highest BCUT2D eigenvalue weighted by molar-refractivity contribution is 7.89. The molecule has 2 aliphatic rings. The number of imide groups is 1. The van der Waals surface area contributed by atoms with Crippen molar-refractivity contribution < 1.29 is 22.7 Å². The van der Waals surface area contributed by atoms with Gasteiger partial charge in [0.2, 0.25) is 10.0 Å². The molecular formula is C14H13N3O5S. The first-order chi connectivity index (χ1) is 10.9. The van der Waals surface area contributed by atoms with Crippen molar-refractivity contribution in [2.45, 2.75) is 17.4 Å². The minimum atomic E-state index is -3.86. The van der Waals surface area contributed by atoms with Crippen LogP contribution in [-0.4, -0.2) is 55.4 Å². The van der Waals surface area contributed by atoms with Crippen molar-refractivity contribution in [3.8, 4) is 6.07 Å². The monoisotopic (exact) mass is 335 g/mol. The van der Waals surface area contributed by atoms with Crippen LogP contribution in [0.25, 0.3) is 0 Å². The van der Waals surface area contributed by atoms with Crippen LogP contribution in [0.2, 0.25) is 0 Å². The van der Waals surface area contributed by atoms with Gasteiger partial charge < -0.3 is 4.74 Å². The van der Waals surface area contributed by atoms with E-state index in [9.17, 15) is 18.0 Å². The van der Waals surface area contributed by atoms with Crippen LogP contribution in [-0.2, 0) is 19.6 Å². The van der Waals surface area contributed by atoms with E-state index in [0.717, 1.165) is 4.90 Å². The molecule has 0 radical (unpaired) electrons. The molecule has 1 aromatic rings. The second-order valence-electron chi connectivity index (χ2n) is 5.23. The van der Waals surface area contributed by atoms with Crippen molar-refractivity contribution in [1.29, 1.82) is 5.26 Å². The normalized spacial score (nSPS) is 22.2. The molecule has 2 saturated heterocycles. The molecule has 2 fully saturated rings. The molecule has 2 heterocycles. The molecule has 23 heavy (non-hydrogen) atoms. The van der Waals surface area contributed by atoms with Crippen molar-refractivity contribution in [3.63, 3.8) is 0 Å². The zero-order chi connectivity index (χ0) is 16.6. The van der Waals surface area contributed by atoms with Crippen LogP contribution in [0.3, 0.4) is 0 Å². The lowest BCUT2D eigenvalue weighted by atomic mass is 10.2. The van der Waals surface area contributed by atoms with Crippen molar-refractivity contribution in [3.05, 3.63) is 29.8 Å². The fourth-order valence-electron chi connectivity index (χ4n) is 2.78. The average Bonchev–Trinajstić information content (AvgIpc) is 3.14. The van der Waals surface area contributed by atoms with Gasteiger partial charge >= 0.3 is 6.09 Å². The Hall–Kier alpha value is -2.44. The summed E-state index contributed by atoms with van der Waals surface area (Å²) < 4.78 is 31.2. The van der Waals surface area contributed by atoms with Gasteiger partial charge in [0, 0.05) is 13.1 Å². The summed E-state index contributed by atoms with van der Waals surface area (Å²) in [5.74, 6) is -0.461. The molecule has 1 unspecified atom stereocenters. The molecule has 0 aliphatic carbocycles. The smallest absolute Gasteiger partial charge is 0.417 e. The molecule has 3 rings (SSSR count). The second kappa shape index (κ2) is 5.64. The molecule has 0 spiro atoms. The van der Waals surface area contributed by atoms with Crippen LogP contribution >= 0.6 is 0 Å². The van der Waals surface area contributed by atoms with E-state index in [4.69, 9.17) is 5.26 Å². The first kappa shape index (κ1) is 15.5. The third kappa shape index (κ3) is 2.56. The van der Waals surface area contributed by atoms with E-state index in [1.165, 1.54) is 16.4 Å². The number of hydrogen-bond donors (Lipinski definition) is 0. The molecule has 0 N–H and O–H groups in total. The Balaban J connectivity index is 1.85. The van der Waals surface area contributed by atoms with E-state index in [0.29, 0.717) is 6.42 Å². The molecule has 1 atom stereocenters. The van der Waals surface area contributed by atoms with Crippen LogP contribution in [0.4, 0.5) is 4.79 Å². The maximum absolute atomic E-state index is 12.7. The van der Waals surface area contributed by atoms with Gasteiger partial charge in [-0.1, -0.05) is 12.1 Å². The summed E-state index contributed by atoms with van der Waals surface area (Å²) in [7, 11) is -3.86. The van der Waals surface area contributed by atoms with Crippen molar-refractivity contribution in [1.82, 2.24) is 9.21 Å². The van der Waals surface area contributed by atoms with Crippen molar-refractivity contribution in [2.24, 2.45) is 0 Å². The van der Waals surface area contributed by atoms with Gasteiger partial charge in [-0.3, -0.25) is 4.79 Å². The number of carbonyl (C=O) groups excluding carboxylic acids is 2. The van der Waals surface area contributed by atoms with E-state index in [2.05, 4.69) is 4.74 Å². The van der Waals surface area contributed by atoms with Crippen LogP contribution in [0.15, 0.2) is 29.2 Å². The fraction of sp³-hybridized carbons (Fsp3) is 0.357. The number of nitriles is 1. The summed E-state index contributed by atoms with van der Waals surface area (Å²) in [6, 6.07) is 7.26. The zero-order valence-electron chi connectivity index (χ0n) is 12.0. The number of hydrogen-bond acceptors (Lipinski definition) is 6. The minimum absolute atomic E-state index is 0.00291. The van der Waals surface area contributed by atoms with E-state index in [1.807, 2.05) is 6.07 Å². The van der Waals surface area contributed by atoms with Gasteiger partial charge in [-0.25, -0.2) is 18.1 Å². The first-order valence-corrected chi connectivity index (χ1v) is 8.37. The van der Waals surface area contributed by atoms with Crippen LogP contribution in [0.5, 0.6) is 0 Å². The summed E-state index contributed by atoms with van der Waals surface area (Å²) in [5.41, 5.74) is 0.0626. The molecule has 2 aliphatic heterocycles. The number of benzene rings is 1. The standard InChI is InChI=1S/C14H13N3O5S/c15-7-10-3-1-2-4-12(10)23(20,21)16-6-5-11(8-16)17-13(18)9-22-14(17)19/h1-4,11H,5-6,8-9H2. The minimum Gasteiger partial charge on any atom is -0.439 e. The average molecular weight is 335 g/mol. The highest BCUT2D eigenvalue weighted by Gasteiger charge is 2.43. The third-order valence-electron chi connectivity index (χ3n) is 3.90. The lowest BCUT2D eigenvalue weighted by molar-refractivity contribution is -0.127. The number of ether oxygens (including phenoxy) is 1. The van der Waals surface area contributed by atoms with E-state index < -0.39 is 28.1 Å². The highest BCUT2D eigenvalue weighted by atomic mass is 32.2. The van der Waals surface area contributed by atoms with Gasteiger partial charge in [0.25, 0.3) is 5.91 Å². The summed E-state index contributed by atoms with van der Waals surface area (Å²) in [6.07, 6.45) is -0.397. The van der Waals surface area contributed by atoms with Crippen LogP contribution in [0.1, 0.15) is 12.0 Å². The summed E-state index contributed by atoms with van der Waals surface area (Å²) in [4.78, 5) is 24.1. The quantitative estimate of drug-likeness (QED) is 0.786. The predicted octanol–water partition coefficient (Wildman–Crippen LogP) is 0.300. The number of carbonyl (C=O) groups is 2. The number of nitrogens with zero attached hydrogens (tertiary/aromatic N) is 3. The SMILES string of the molecule is N#Cc1ccccc1S(=O)(=O)N1CCC(N2C(=O)COC2=O)C1. The topological polar surface area (TPSA) is 108 Å². The van der Waals surface area contributed by atoms with Crippen molar-refractivity contribution in [2.75, 3.05) is 19.7 Å². The lowest BCUT2D eigenvalue weighted by Crippen LogP contribution is -2.42. The molecule has 2 amide bonds. The van der Waals surface area contributed by atoms with E-state index in [1.54, 1.807) is 12.1 Å². The molecule has 0 aromatic heterocycles. The Labute approximate surface area is 132 Å². The number of cyclic esters (lactones) is 1. The Morgan fingerprint density at radius 3 is 2.65 bits per heavy atom. The molecular weight excluding hydrogens is 322 g/mol. The molecule has 0 saturated carbocycles. The zero-order valence-corrected chi connectivity index (χ0v) is 12.8. The van der Waals surface area contributed by atoms with Crippen LogP contribution in [0, 0.1) is 11.3 Å². The predicted molar refractivity (Wildman–Crippen MR) is 76.5 cm³/mol. The molecule has 120 valence electrons. The van der Waals surface area contributed by atoms with Gasteiger partial charge in [0.15, 0.2) is 6.61 Å². The Bertz CT molecular complexity index is 798. The summed E-state index contributed by atoms with van der Waals surface area (Å²) >= 11 is 0. The van der Waals surface area contributed by atoms with Gasteiger partial charge in [-0.15, -0.1) is 0 Å². The number of sulfonamides is 1. The third-order valence-corrected chi connectivity index (χ3v) is 5.82. The maximum atomic E-state index is 12.7. The maximum Gasteiger partial charge on any atom is 0.417 e. The lowest BCUT2D eigenvalue weighted by Gasteiger charge is -2.20. The van der Waals surface area contributed by atoms with Crippen LogP contribution < -0.4 is 0 Å². The molecule has 0 bridgehead atoms. The number of amides is 2. The number of rotatable bonds is 3. The molecule has 9 heteroatoms. The van der Waals surface area contributed by atoms with Crippen molar-refractivity contribution >= 4 is 22.0 Å². The highest BCUT2D eigenvalue weighted by Crippen LogP contribution is 2.27. The van der Waals surface area contributed by atoms with E-state index >= 15 is 0 Å². The van der Waals surface area contributed by atoms with Gasteiger partial charge in [-0.2, -0.15) is 9.57 Å². The van der Waals surface area contributed by atoms with Gasteiger partial charge in [-0.05, 0) is 18.6 Å². The fourth-order valence-corrected chi connectivity index (χ4v) is 4.41. The first-order valence-electron chi connectivity index (χ1n) is 6.93. The van der Waals surface area contributed by atoms with E-state index in [-0.39, 0.29) is 30.2 Å². The van der Waals surface area contributed by atoms with Gasteiger partial charge in [0.1, 0.15) is 6.07 Å². The Morgan fingerprint density at radius 2 is 2.00 bits per heavy atom. The van der Waals surface area contributed by atoms with Gasteiger partial charge in [0.05, 0.1) is 16.5 Å². The molecule has 8 nitrogen and oxygen atoms in total. The Morgan fingerprint density at radius 1 is 1.26 bits per heavy atom.